The standard InChI is InChI=1S/C17H22N2O2/c1-17(2,3)21-16(20)12-19-11-13(7-6-10-18)14-8-4-5-9-15(14)19/h4-9,11H,10,12,18H2,1-3H3. The zero-order chi connectivity index (χ0) is 15.5. The summed E-state index contributed by atoms with van der Waals surface area (Å²) < 4.78 is 7.30. The summed E-state index contributed by atoms with van der Waals surface area (Å²) in [6.45, 7) is 6.30. The smallest absolute Gasteiger partial charge is 0.326 e. The molecule has 0 bridgehead atoms. The number of esters is 1. The molecule has 0 saturated heterocycles. The van der Waals surface area contributed by atoms with Gasteiger partial charge in [-0.05, 0) is 32.4 Å². The summed E-state index contributed by atoms with van der Waals surface area (Å²) in [5.41, 5.74) is 7.11. The lowest BCUT2D eigenvalue weighted by atomic mass is 10.1. The van der Waals surface area contributed by atoms with Crippen LogP contribution in [0.4, 0.5) is 0 Å². The largest absolute Gasteiger partial charge is 0.459 e. The minimum atomic E-state index is -0.470. The zero-order valence-corrected chi connectivity index (χ0v) is 12.8. The Bertz CT molecular complexity index is 663. The van der Waals surface area contributed by atoms with E-state index in [9.17, 15) is 4.79 Å². The lowest BCUT2D eigenvalue weighted by Crippen LogP contribution is -2.26. The first kappa shape index (κ1) is 15.3. The first-order valence-electron chi connectivity index (χ1n) is 7.07. The summed E-state index contributed by atoms with van der Waals surface area (Å²) in [7, 11) is 0. The molecule has 1 aromatic carbocycles. The van der Waals surface area contributed by atoms with Crippen LogP contribution < -0.4 is 5.73 Å². The van der Waals surface area contributed by atoms with Crippen molar-refractivity contribution in [3.63, 3.8) is 0 Å². The molecule has 0 radical (unpaired) electrons. The monoisotopic (exact) mass is 286 g/mol. The minimum Gasteiger partial charge on any atom is -0.459 e. The number of para-hydroxylation sites is 1. The van der Waals surface area contributed by atoms with Crippen molar-refractivity contribution < 1.29 is 9.53 Å². The van der Waals surface area contributed by atoms with Crippen LogP contribution in [0.5, 0.6) is 0 Å². The predicted octanol–water partition coefficient (Wildman–Crippen LogP) is 2.95. The van der Waals surface area contributed by atoms with Crippen molar-refractivity contribution in [1.82, 2.24) is 4.57 Å². The average Bonchev–Trinajstić information content (AvgIpc) is 2.73. The van der Waals surface area contributed by atoms with Crippen molar-refractivity contribution in [3.05, 3.63) is 42.1 Å². The molecule has 112 valence electrons. The molecule has 0 unspecified atom stereocenters. The fourth-order valence-corrected chi connectivity index (χ4v) is 2.25. The number of nitrogens with zero attached hydrogens (tertiary/aromatic N) is 1. The number of hydrogen-bond acceptors (Lipinski definition) is 3. The fraction of sp³-hybridized carbons (Fsp3) is 0.353. The van der Waals surface area contributed by atoms with Crippen LogP contribution in [0.2, 0.25) is 0 Å². The molecule has 0 fully saturated rings. The molecular formula is C17H22N2O2. The summed E-state index contributed by atoms with van der Waals surface area (Å²) in [5, 5.41) is 1.10. The van der Waals surface area contributed by atoms with Gasteiger partial charge in [0.2, 0.25) is 0 Å². The Hall–Kier alpha value is -2.07. The quantitative estimate of drug-likeness (QED) is 0.879. The second-order valence-corrected chi connectivity index (χ2v) is 5.95. The molecule has 0 spiro atoms. The normalized spacial score (nSPS) is 12.2. The van der Waals surface area contributed by atoms with Crippen LogP contribution in [-0.4, -0.2) is 22.7 Å². The van der Waals surface area contributed by atoms with Gasteiger partial charge in [-0.3, -0.25) is 4.79 Å². The number of hydrogen-bond donors (Lipinski definition) is 1. The first-order chi connectivity index (χ1) is 9.90. The summed E-state index contributed by atoms with van der Waals surface area (Å²) >= 11 is 0. The van der Waals surface area contributed by atoms with E-state index in [0.29, 0.717) is 6.54 Å². The maximum absolute atomic E-state index is 12.0. The molecule has 4 heteroatoms. The molecule has 0 atom stereocenters. The topological polar surface area (TPSA) is 57.2 Å². The Morgan fingerprint density at radius 2 is 2.05 bits per heavy atom. The van der Waals surface area contributed by atoms with Gasteiger partial charge in [0.05, 0.1) is 0 Å². The third-order valence-electron chi connectivity index (χ3n) is 2.97. The molecule has 4 nitrogen and oxygen atoms in total. The molecule has 1 heterocycles. The van der Waals surface area contributed by atoms with Gasteiger partial charge in [0, 0.05) is 23.6 Å². The molecule has 2 rings (SSSR count). The van der Waals surface area contributed by atoms with Crippen molar-refractivity contribution >= 4 is 22.9 Å². The van der Waals surface area contributed by atoms with E-state index >= 15 is 0 Å². The SMILES string of the molecule is CC(C)(C)OC(=O)Cn1cc(C=CCN)c2ccccc21. The summed E-state index contributed by atoms with van der Waals surface area (Å²) in [6.07, 6.45) is 5.84. The van der Waals surface area contributed by atoms with E-state index in [0.717, 1.165) is 16.5 Å². The molecule has 0 aliphatic heterocycles. The van der Waals surface area contributed by atoms with Gasteiger partial charge < -0.3 is 15.0 Å². The van der Waals surface area contributed by atoms with E-state index < -0.39 is 5.60 Å². The van der Waals surface area contributed by atoms with Gasteiger partial charge in [0.1, 0.15) is 12.1 Å². The number of aromatic nitrogens is 1. The van der Waals surface area contributed by atoms with Gasteiger partial charge >= 0.3 is 5.97 Å². The number of rotatable bonds is 4. The van der Waals surface area contributed by atoms with Gasteiger partial charge in [-0.25, -0.2) is 0 Å². The number of carbonyl (C=O) groups is 1. The molecule has 0 amide bonds. The Labute approximate surface area is 125 Å². The highest BCUT2D eigenvalue weighted by Gasteiger charge is 2.17. The van der Waals surface area contributed by atoms with Gasteiger partial charge in [-0.15, -0.1) is 0 Å². The van der Waals surface area contributed by atoms with Crippen molar-refractivity contribution in [2.75, 3.05) is 6.54 Å². The van der Waals surface area contributed by atoms with Crippen LogP contribution in [-0.2, 0) is 16.1 Å². The molecule has 0 aliphatic rings. The van der Waals surface area contributed by atoms with Crippen molar-refractivity contribution in [2.24, 2.45) is 5.73 Å². The van der Waals surface area contributed by atoms with Crippen LogP contribution in [0.15, 0.2) is 36.5 Å². The highest BCUT2D eigenvalue weighted by Crippen LogP contribution is 2.23. The Kier molecular flexibility index (Phi) is 4.48. The molecule has 1 aromatic heterocycles. The zero-order valence-electron chi connectivity index (χ0n) is 12.8. The average molecular weight is 286 g/mol. The van der Waals surface area contributed by atoms with E-state index in [1.165, 1.54) is 0 Å². The van der Waals surface area contributed by atoms with Crippen molar-refractivity contribution in [2.45, 2.75) is 32.9 Å². The molecule has 2 N–H and O–H groups in total. The third-order valence-corrected chi connectivity index (χ3v) is 2.97. The van der Waals surface area contributed by atoms with Crippen LogP contribution in [0, 0.1) is 0 Å². The lowest BCUT2D eigenvalue weighted by Gasteiger charge is -2.19. The Morgan fingerprint density at radius 3 is 2.71 bits per heavy atom. The number of ether oxygens (including phenoxy) is 1. The Morgan fingerprint density at radius 1 is 1.33 bits per heavy atom. The highest BCUT2D eigenvalue weighted by molar-refractivity contribution is 5.90. The molecule has 21 heavy (non-hydrogen) atoms. The lowest BCUT2D eigenvalue weighted by molar-refractivity contribution is -0.155. The number of carbonyl (C=O) groups excluding carboxylic acids is 1. The molecular weight excluding hydrogens is 264 g/mol. The predicted molar refractivity (Wildman–Crippen MR) is 85.9 cm³/mol. The third kappa shape index (κ3) is 3.95. The number of nitrogens with two attached hydrogens (primary N) is 1. The maximum Gasteiger partial charge on any atom is 0.326 e. The van der Waals surface area contributed by atoms with Crippen molar-refractivity contribution in [3.8, 4) is 0 Å². The second kappa shape index (κ2) is 6.14. The van der Waals surface area contributed by atoms with E-state index in [2.05, 4.69) is 0 Å². The Balaban J connectivity index is 2.32. The highest BCUT2D eigenvalue weighted by atomic mass is 16.6. The molecule has 2 aromatic rings. The van der Waals surface area contributed by atoms with Gasteiger partial charge in [0.25, 0.3) is 0 Å². The number of fused-ring (bicyclic) bond motifs is 1. The van der Waals surface area contributed by atoms with Gasteiger partial charge in [-0.2, -0.15) is 0 Å². The van der Waals surface area contributed by atoms with E-state index in [4.69, 9.17) is 10.5 Å². The molecule has 0 aliphatic carbocycles. The fourth-order valence-electron chi connectivity index (χ4n) is 2.25. The minimum absolute atomic E-state index is 0.203. The van der Waals surface area contributed by atoms with Gasteiger partial charge in [-0.1, -0.05) is 30.4 Å². The van der Waals surface area contributed by atoms with Crippen LogP contribution in [0.1, 0.15) is 26.3 Å². The summed E-state index contributed by atoms with van der Waals surface area (Å²) in [6, 6.07) is 7.99. The molecule has 0 saturated carbocycles. The van der Waals surface area contributed by atoms with Crippen LogP contribution in [0.3, 0.4) is 0 Å². The van der Waals surface area contributed by atoms with Crippen LogP contribution >= 0.6 is 0 Å². The van der Waals surface area contributed by atoms with Crippen LogP contribution in [0.25, 0.3) is 17.0 Å². The van der Waals surface area contributed by atoms with E-state index in [1.807, 2.05) is 68.0 Å². The van der Waals surface area contributed by atoms with Gasteiger partial charge in [0.15, 0.2) is 0 Å². The van der Waals surface area contributed by atoms with E-state index in [1.54, 1.807) is 0 Å². The summed E-state index contributed by atoms with van der Waals surface area (Å²) in [5.74, 6) is -0.238. The van der Waals surface area contributed by atoms with E-state index in [-0.39, 0.29) is 12.5 Å². The van der Waals surface area contributed by atoms with Crippen molar-refractivity contribution in [1.29, 1.82) is 0 Å². The second-order valence-electron chi connectivity index (χ2n) is 5.95. The first-order valence-corrected chi connectivity index (χ1v) is 7.07. The summed E-state index contributed by atoms with van der Waals surface area (Å²) in [4.78, 5) is 12.0. The number of benzene rings is 1. The maximum atomic E-state index is 12.0.